The SMILES string of the molecule is CCOC(=O)C(C)CNC(=O)CN(Cc1ccccc1F)C(O)c1nn(C)c2c1COc1ccc(Cl)cc1-2. The minimum Gasteiger partial charge on any atom is -0.488 e. The lowest BCUT2D eigenvalue weighted by Crippen LogP contribution is -2.41. The molecular weight excluding hydrogens is 515 g/mol. The molecule has 11 heteroatoms. The molecule has 0 saturated carbocycles. The highest BCUT2D eigenvalue weighted by Gasteiger charge is 2.32. The van der Waals surface area contributed by atoms with Crippen LogP contribution in [0.4, 0.5) is 4.39 Å². The number of hydrogen-bond acceptors (Lipinski definition) is 7. The van der Waals surface area contributed by atoms with Gasteiger partial charge in [-0.05, 0) is 31.2 Å². The van der Waals surface area contributed by atoms with Crippen molar-refractivity contribution < 1.29 is 28.6 Å². The molecular formula is C27H30ClFN4O5. The zero-order chi connectivity index (χ0) is 27.4. The van der Waals surface area contributed by atoms with Gasteiger partial charge >= 0.3 is 5.97 Å². The third-order valence-corrected chi connectivity index (χ3v) is 6.54. The first-order chi connectivity index (χ1) is 18.2. The fraction of sp³-hybridized carbons (Fsp3) is 0.370. The van der Waals surface area contributed by atoms with E-state index in [1.54, 1.807) is 62.0 Å². The van der Waals surface area contributed by atoms with Gasteiger partial charge in [0.25, 0.3) is 0 Å². The third-order valence-electron chi connectivity index (χ3n) is 6.31. The van der Waals surface area contributed by atoms with E-state index in [0.717, 1.165) is 11.3 Å². The van der Waals surface area contributed by atoms with E-state index in [4.69, 9.17) is 21.1 Å². The maximum absolute atomic E-state index is 14.5. The number of amides is 1. The maximum atomic E-state index is 14.5. The lowest BCUT2D eigenvalue weighted by atomic mass is 10.0. The molecule has 2 heterocycles. The molecule has 38 heavy (non-hydrogen) atoms. The number of nitrogens with one attached hydrogen (secondary N) is 1. The van der Waals surface area contributed by atoms with E-state index in [2.05, 4.69) is 10.4 Å². The zero-order valence-corrected chi connectivity index (χ0v) is 22.2. The van der Waals surface area contributed by atoms with Crippen LogP contribution < -0.4 is 10.1 Å². The standard InChI is InChI=1S/C27H30ClFN4O5/c1-4-37-27(36)16(2)12-30-23(34)14-33(13-17-7-5-6-8-21(17)29)26(35)24-20-15-38-22-10-9-18(28)11-19(22)25(20)32(3)31-24/h5-11,16,26,35H,4,12-15H2,1-3H3,(H,30,34). The summed E-state index contributed by atoms with van der Waals surface area (Å²) in [5.74, 6) is -1.23. The number of hydrogen-bond donors (Lipinski definition) is 2. The number of benzene rings is 2. The summed E-state index contributed by atoms with van der Waals surface area (Å²) in [6, 6.07) is 11.4. The van der Waals surface area contributed by atoms with E-state index in [1.807, 2.05) is 0 Å². The molecule has 1 amide bonds. The second kappa shape index (κ2) is 11.9. The van der Waals surface area contributed by atoms with Gasteiger partial charge in [-0.2, -0.15) is 5.10 Å². The summed E-state index contributed by atoms with van der Waals surface area (Å²) in [5.41, 5.74) is 2.71. The van der Waals surface area contributed by atoms with Crippen LogP contribution in [0.5, 0.6) is 5.75 Å². The number of aromatic nitrogens is 2. The topological polar surface area (TPSA) is 106 Å². The quantitative estimate of drug-likeness (QED) is 0.297. The zero-order valence-electron chi connectivity index (χ0n) is 21.4. The van der Waals surface area contributed by atoms with Crippen LogP contribution in [-0.4, -0.2) is 51.4 Å². The second-order valence-electron chi connectivity index (χ2n) is 9.09. The number of fused-ring (bicyclic) bond motifs is 3. The molecule has 9 nitrogen and oxygen atoms in total. The maximum Gasteiger partial charge on any atom is 0.310 e. The van der Waals surface area contributed by atoms with E-state index in [-0.39, 0.29) is 38.5 Å². The Labute approximate surface area is 225 Å². The highest BCUT2D eigenvalue weighted by atomic mass is 35.5. The molecule has 4 rings (SSSR count). The number of carbonyl (C=O) groups excluding carboxylic acids is 2. The number of esters is 1. The third kappa shape index (κ3) is 5.98. The Bertz CT molecular complexity index is 1330. The summed E-state index contributed by atoms with van der Waals surface area (Å²) in [5, 5.41) is 19.2. The molecule has 0 saturated heterocycles. The van der Waals surface area contributed by atoms with Crippen molar-refractivity contribution in [1.82, 2.24) is 20.0 Å². The van der Waals surface area contributed by atoms with E-state index in [9.17, 15) is 19.1 Å². The van der Waals surface area contributed by atoms with Crippen LogP contribution in [0.1, 0.15) is 36.9 Å². The Morgan fingerprint density at radius 3 is 2.82 bits per heavy atom. The highest BCUT2D eigenvalue weighted by Crippen LogP contribution is 2.41. The molecule has 0 radical (unpaired) electrons. The Morgan fingerprint density at radius 2 is 2.08 bits per heavy atom. The van der Waals surface area contributed by atoms with Gasteiger partial charge in [0, 0.05) is 41.9 Å². The summed E-state index contributed by atoms with van der Waals surface area (Å²) >= 11 is 6.21. The van der Waals surface area contributed by atoms with Gasteiger partial charge in [-0.25, -0.2) is 4.39 Å². The molecule has 2 atom stereocenters. The van der Waals surface area contributed by atoms with Crippen molar-refractivity contribution in [3.05, 3.63) is 70.1 Å². The number of ether oxygens (including phenoxy) is 2. The Morgan fingerprint density at radius 1 is 1.32 bits per heavy atom. The number of halogens is 2. The van der Waals surface area contributed by atoms with E-state index in [0.29, 0.717) is 21.9 Å². The molecule has 1 aromatic heterocycles. The summed E-state index contributed by atoms with van der Waals surface area (Å²) in [7, 11) is 1.75. The average molecular weight is 545 g/mol. The molecule has 1 aliphatic heterocycles. The summed E-state index contributed by atoms with van der Waals surface area (Å²) < 4.78 is 27.0. The van der Waals surface area contributed by atoms with Crippen molar-refractivity contribution in [2.45, 2.75) is 33.2 Å². The Kier molecular flexibility index (Phi) is 8.65. The predicted molar refractivity (Wildman–Crippen MR) is 139 cm³/mol. The van der Waals surface area contributed by atoms with Crippen LogP contribution in [0.3, 0.4) is 0 Å². The molecule has 3 aromatic rings. The van der Waals surface area contributed by atoms with Crippen LogP contribution in [-0.2, 0) is 34.5 Å². The van der Waals surface area contributed by atoms with Crippen LogP contribution in [0.25, 0.3) is 11.3 Å². The minimum atomic E-state index is -1.36. The van der Waals surface area contributed by atoms with Gasteiger partial charge in [-0.3, -0.25) is 19.2 Å². The fourth-order valence-corrected chi connectivity index (χ4v) is 4.53. The van der Waals surface area contributed by atoms with Gasteiger partial charge in [0.2, 0.25) is 5.91 Å². The van der Waals surface area contributed by atoms with Crippen LogP contribution in [0.15, 0.2) is 42.5 Å². The first kappa shape index (κ1) is 27.6. The fourth-order valence-electron chi connectivity index (χ4n) is 4.36. The monoisotopic (exact) mass is 544 g/mol. The normalized spacial score (nSPS) is 13.8. The molecule has 2 N–H and O–H groups in total. The molecule has 0 fully saturated rings. The first-order valence-corrected chi connectivity index (χ1v) is 12.6. The van der Waals surface area contributed by atoms with Gasteiger partial charge in [-0.1, -0.05) is 36.7 Å². The first-order valence-electron chi connectivity index (χ1n) is 12.3. The number of carbonyl (C=O) groups is 2. The smallest absolute Gasteiger partial charge is 0.310 e. The number of aliphatic hydroxyl groups excluding tert-OH is 1. The van der Waals surface area contributed by atoms with Crippen molar-refractivity contribution in [2.75, 3.05) is 19.7 Å². The summed E-state index contributed by atoms with van der Waals surface area (Å²) in [6.45, 7) is 3.47. The van der Waals surface area contributed by atoms with Gasteiger partial charge in [0.1, 0.15) is 23.9 Å². The molecule has 0 aliphatic carbocycles. The molecule has 2 aromatic carbocycles. The van der Waals surface area contributed by atoms with Crippen molar-refractivity contribution in [1.29, 1.82) is 0 Å². The summed E-state index contributed by atoms with van der Waals surface area (Å²) in [4.78, 5) is 26.2. The predicted octanol–water partition coefficient (Wildman–Crippen LogP) is 3.58. The number of nitrogens with zero attached hydrogens (tertiary/aromatic N) is 3. The van der Waals surface area contributed by atoms with Crippen molar-refractivity contribution >= 4 is 23.5 Å². The number of aliphatic hydroxyl groups is 1. The van der Waals surface area contributed by atoms with Gasteiger partial charge in [-0.15, -0.1) is 0 Å². The van der Waals surface area contributed by atoms with Crippen LogP contribution in [0, 0.1) is 11.7 Å². The van der Waals surface area contributed by atoms with Gasteiger partial charge in [0.05, 0.1) is 24.8 Å². The molecule has 2 unspecified atom stereocenters. The molecule has 0 spiro atoms. The molecule has 202 valence electrons. The van der Waals surface area contributed by atoms with Crippen LogP contribution >= 0.6 is 11.6 Å². The van der Waals surface area contributed by atoms with Crippen molar-refractivity contribution in [2.24, 2.45) is 13.0 Å². The second-order valence-corrected chi connectivity index (χ2v) is 9.53. The number of aryl methyl sites for hydroxylation is 1. The largest absolute Gasteiger partial charge is 0.488 e. The molecule has 1 aliphatic rings. The molecule has 0 bridgehead atoms. The van der Waals surface area contributed by atoms with E-state index >= 15 is 0 Å². The minimum absolute atomic E-state index is 0.0612. The van der Waals surface area contributed by atoms with Crippen molar-refractivity contribution in [3.8, 4) is 17.0 Å². The average Bonchev–Trinajstić information content (AvgIpc) is 3.24. The summed E-state index contributed by atoms with van der Waals surface area (Å²) in [6.07, 6.45) is -1.36. The Hall–Kier alpha value is -3.47. The number of rotatable bonds is 10. The Balaban J connectivity index is 1.60. The lowest BCUT2D eigenvalue weighted by molar-refractivity contribution is -0.147. The van der Waals surface area contributed by atoms with Gasteiger partial charge in [0.15, 0.2) is 6.23 Å². The van der Waals surface area contributed by atoms with Crippen LogP contribution in [0.2, 0.25) is 5.02 Å². The van der Waals surface area contributed by atoms with Crippen molar-refractivity contribution in [3.63, 3.8) is 0 Å². The van der Waals surface area contributed by atoms with E-state index in [1.165, 1.54) is 11.0 Å². The highest BCUT2D eigenvalue weighted by molar-refractivity contribution is 6.31. The lowest BCUT2D eigenvalue weighted by Gasteiger charge is -2.28. The van der Waals surface area contributed by atoms with E-state index < -0.39 is 29.8 Å². The van der Waals surface area contributed by atoms with Gasteiger partial charge < -0.3 is 19.9 Å².